The van der Waals surface area contributed by atoms with E-state index >= 15 is 0 Å². The van der Waals surface area contributed by atoms with Crippen LogP contribution in [0.2, 0.25) is 5.02 Å². The van der Waals surface area contributed by atoms with E-state index in [-0.39, 0.29) is 12.6 Å². The van der Waals surface area contributed by atoms with Gasteiger partial charge in [0.15, 0.2) is 6.73 Å². The van der Waals surface area contributed by atoms with Gasteiger partial charge < -0.3 is 10.1 Å². The third-order valence-corrected chi connectivity index (χ3v) is 4.81. The Bertz CT molecular complexity index is 1120. The molecule has 0 bridgehead atoms. The van der Waals surface area contributed by atoms with Crippen LogP contribution in [0.3, 0.4) is 0 Å². The number of amides is 1. The van der Waals surface area contributed by atoms with Gasteiger partial charge in [-0.1, -0.05) is 39.7 Å². The number of hydrogen-bond donors (Lipinski definition) is 2. The molecule has 4 aromatic rings. The number of anilines is 1. The summed E-state index contributed by atoms with van der Waals surface area (Å²) in [5.41, 5.74) is 2.42. The van der Waals surface area contributed by atoms with Crippen molar-refractivity contribution in [2.24, 2.45) is 0 Å². The van der Waals surface area contributed by atoms with Crippen LogP contribution in [0.25, 0.3) is 11.3 Å². The third-order valence-electron chi connectivity index (χ3n) is 4.03. The van der Waals surface area contributed by atoms with Crippen LogP contribution >= 0.6 is 27.5 Å². The zero-order chi connectivity index (χ0) is 20.2. The predicted molar refractivity (Wildman–Crippen MR) is 114 cm³/mol. The first-order valence-corrected chi connectivity index (χ1v) is 9.77. The summed E-state index contributed by atoms with van der Waals surface area (Å²) >= 11 is 9.28. The first-order chi connectivity index (χ1) is 14.1. The molecular formula is C20H15BrClN5O2. The second kappa shape index (κ2) is 8.50. The van der Waals surface area contributed by atoms with Gasteiger partial charge in [-0.2, -0.15) is 10.2 Å². The molecular weight excluding hydrogens is 458 g/mol. The second-order valence-corrected chi connectivity index (χ2v) is 7.48. The molecule has 0 radical (unpaired) electrons. The van der Waals surface area contributed by atoms with Crippen LogP contribution in [-0.4, -0.2) is 25.9 Å². The number of ether oxygens (including phenoxy) is 1. The zero-order valence-electron chi connectivity index (χ0n) is 15.0. The van der Waals surface area contributed by atoms with Crippen molar-refractivity contribution in [1.82, 2.24) is 20.0 Å². The van der Waals surface area contributed by atoms with E-state index in [2.05, 4.69) is 36.5 Å². The van der Waals surface area contributed by atoms with Crippen LogP contribution < -0.4 is 10.1 Å². The molecule has 2 aromatic heterocycles. The van der Waals surface area contributed by atoms with Crippen molar-refractivity contribution in [3.05, 3.63) is 82.2 Å². The van der Waals surface area contributed by atoms with Gasteiger partial charge in [-0.3, -0.25) is 9.89 Å². The van der Waals surface area contributed by atoms with Crippen LogP contribution in [0, 0.1) is 0 Å². The summed E-state index contributed by atoms with van der Waals surface area (Å²) in [6, 6.07) is 16.4. The second-order valence-electron chi connectivity index (χ2n) is 6.12. The summed E-state index contributed by atoms with van der Waals surface area (Å²) in [5.74, 6) is 0.410. The van der Waals surface area contributed by atoms with E-state index < -0.39 is 0 Å². The molecule has 29 heavy (non-hydrogen) atoms. The van der Waals surface area contributed by atoms with Crippen LogP contribution in [0.1, 0.15) is 10.5 Å². The van der Waals surface area contributed by atoms with Gasteiger partial charge in [0, 0.05) is 15.1 Å². The van der Waals surface area contributed by atoms with Crippen molar-refractivity contribution < 1.29 is 9.53 Å². The molecule has 0 aliphatic carbocycles. The highest BCUT2D eigenvalue weighted by molar-refractivity contribution is 9.10. The predicted octanol–water partition coefficient (Wildman–Crippen LogP) is 4.98. The maximum Gasteiger partial charge on any atom is 0.273 e. The molecule has 1 amide bonds. The SMILES string of the molecule is O=C(Nc1cnn(COc2ccc(Br)cc2)c1)c1cc(-c2ccc(Cl)cc2)n[nH]1. The highest BCUT2D eigenvalue weighted by atomic mass is 79.9. The summed E-state index contributed by atoms with van der Waals surface area (Å²) in [4.78, 5) is 12.5. The van der Waals surface area contributed by atoms with Crippen LogP contribution in [0.15, 0.2) is 71.5 Å². The molecule has 2 N–H and O–H groups in total. The van der Waals surface area contributed by atoms with E-state index in [0.29, 0.717) is 22.1 Å². The van der Waals surface area contributed by atoms with Crippen molar-refractivity contribution >= 4 is 39.1 Å². The smallest absolute Gasteiger partial charge is 0.273 e. The molecule has 0 atom stereocenters. The lowest BCUT2D eigenvalue weighted by atomic mass is 10.1. The van der Waals surface area contributed by atoms with E-state index in [9.17, 15) is 4.79 Å². The van der Waals surface area contributed by atoms with Crippen LogP contribution in [0.5, 0.6) is 5.75 Å². The fourth-order valence-electron chi connectivity index (χ4n) is 2.58. The minimum atomic E-state index is -0.314. The molecule has 0 unspecified atom stereocenters. The largest absolute Gasteiger partial charge is 0.471 e. The molecule has 0 aliphatic heterocycles. The minimum absolute atomic E-state index is 0.224. The number of halogens is 2. The van der Waals surface area contributed by atoms with Gasteiger partial charge in [0.05, 0.1) is 23.8 Å². The summed E-state index contributed by atoms with van der Waals surface area (Å²) in [7, 11) is 0. The standard InChI is InChI=1S/C20H15BrClN5O2/c21-14-3-7-17(8-4-14)29-12-27-11-16(10-23-27)24-20(28)19-9-18(25-26-19)13-1-5-15(22)6-2-13/h1-11H,12H2,(H,24,28)(H,25,26). The maximum atomic E-state index is 12.5. The van der Waals surface area contributed by atoms with Crippen molar-refractivity contribution in [1.29, 1.82) is 0 Å². The molecule has 0 aliphatic rings. The Kier molecular flexibility index (Phi) is 5.64. The summed E-state index contributed by atoms with van der Waals surface area (Å²) in [6.45, 7) is 0.224. The van der Waals surface area contributed by atoms with Gasteiger partial charge in [-0.05, 0) is 42.5 Å². The van der Waals surface area contributed by atoms with E-state index in [1.54, 1.807) is 35.3 Å². The highest BCUT2D eigenvalue weighted by Crippen LogP contribution is 2.21. The Balaban J connectivity index is 1.36. The molecule has 0 saturated heterocycles. The third kappa shape index (κ3) is 4.85. The average Bonchev–Trinajstić information content (AvgIpc) is 3.38. The fourth-order valence-corrected chi connectivity index (χ4v) is 2.97. The number of aromatic nitrogens is 4. The molecule has 2 aromatic carbocycles. The number of carbonyl (C=O) groups is 1. The quantitative estimate of drug-likeness (QED) is 0.414. The van der Waals surface area contributed by atoms with Gasteiger partial charge in [0.2, 0.25) is 0 Å². The normalized spacial score (nSPS) is 10.7. The van der Waals surface area contributed by atoms with Crippen molar-refractivity contribution in [3.8, 4) is 17.0 Å². The number of carbonyl (C=O) groups excluding carboxylic acids is 1. The van der Waals surface area contributed by atoms with Crippen molar-refractivity contribution in [3.63, 3.8) is 0 Å². The average molecular weight is 473 g/mol. The molecule has 4 rings (SSSR count). The molecule has 2 heterocycles. The van der Waals surface area contributed by atoms with Gasteiger partial charge in [-0.15, -0.1) is 0 Å². The number of nitrogens with one attached hydrogen (secondary N) is 2. The van der Waals surface area contributed by atoms with Gasteiger partial charge in [-0.25, -0.2) is 4.68 Å². The number of H-pyrrole nitrogens is 1. The van der Waals surface area contributed by atoms with E-state index in [1.165, 1.54) is 0 Å². The Hall–Kier alpha value is -3.10. The monoisotopic (exact) mass is 471 g/mol. The number of benzene rings is 2. The van der Waals surface area contributed by atoms with Crippen LogP contribution in [-0.2, 0) is 6.73 Å². The first-order valence-electron chi connectivity index (χ1n) is 8.60. The number of hydrogen-bond acceptors (Lipinski definition) is 4. The molecule has 7 nitrogen and oxygen atoms in total. The van der Waals surface area contributed by atoms with Crippen LogP contribution in [0.4, 0.5) is 5.69 Å². The first kappa shape index (κ1) is 19.2. The number of nitrogens with zero attached hydrogens (tertiary/aromatic N) is 3. The minimum Gasteiger partial charge on any atom is -0.471 e. The van der Waals surface area contributed by atoms with E-state index in [1.807, 2.05) is 36.4 Å². The molecule has 0 fully saturated rings. The lowest BCUT2D eigenvalue weighted by molar-refractivity contribution is 0.102. The summed E-state index contributed by atoms with van der Waals surface area (Å²) in [5, 5.41) is 14.5. The molecule has 9 heteroatoms. The number of rotatable bonds is 6. The highest BCUT2D eigenvalue weighted by Gasteiger charge is 2.12. The van der Waals surface area contributed by atoms with Crippen molar-refractivity contribution in [2.75, 3.05) is 5.32 Å². The van der Waals surface area contributed by atoms with E-state index in [4.69, 9.17) is 16.3 Å². The fraction of sp³-hybridized carbons (Fsp3) is 0.0500. The lowest BCUT2D eigenvalue weighted by Crippen LogP contribution is -2.12. The summed E-state index contributed by atoms with van der Waals surface area (Å²) in [6.07, 6.45) is 3.24. The van der Waals surface area contributed by atoms with Gasteiger partial charge in [0.1, 0.15) is 11.4 Å². The topological polar surface area (TPSA) is 84.8 Å². The molecule has 146 valence electrons. The zero-order valence-corrected chi connectivity index (χ0v) is 17.3. The summed E-state index contributed by atoms with van der Waals surface area (Å²) < 4.78 is 8.22. The number of aromatic amines is 1. The Morgan fingerprint density at radius 3 is 2.69 bits per heavy atom. The lowest BCUT2D eigenvalue weighted by Gasteiger charge is -2.05. The molecule has 0 saturated carbocycles. The maximum absolute atomic E-state index is 12.5. The molecule has 0 spiro atoms. The van der Waals surface area contributed by atoms with E-state index in [0.717, 1.165) is 15.8 Å². The van der Waals surface area contributed by atoms with Gasteiger partial charge >= 0.3 is 0 Å². The Morgan fingerprint density at radius 2 is 1.93 bits per heavy atom. The Morgan fingerprint density at radius 1 is 1.17 bits per heavy atom. The Labute approximate surface area is 179 Å². The van der Waals surface area contributed by atoms with Gasteiger partial charge in [0.25, 0.3) is 5.91 Å². The van der Waals surface area contributed by atoms with Crippen molar-refractivity contribution in [2.45, 2.75) is 6.73 Å².